The fourth-order valence-electron chi connectivity index (χ4n) is 6.21. The van der Waals surface area contributed by atoms with E-state index in [1.54, 1.807) is 41.5 Å². The van der Waals surface area contributed by atoms with Crippen LogP contribution in [-0.4, -0.2) is 97.5 Å². The van der Waals surface area contributed by atoms with E-state index >= 15 is 0 Å². The molecule has 0 atom stereocenters. The van der Waals surface area contributed by atoms with E-state index in [4.69, 9.17) is 61.6 Å². The summed E-state index contributed by atoms with van der Waals surface area (Å²) >= 11 is 0. The predicted molar refractivity (Wildman–Crippen MR) is 227 cm³/mol. The van der Waals surface area contributed by atoms with E-state index in [1.807, 2.05) is 48.5 Å². The van der Waals surface area contributed by atoms with Crippen LogP contribution < -0.4 is 47.4 Å². The molecule has 2 aromatic carbocycles. The van der Waals surface area contributed by atoms with Crippen molar-refractivity contribution in [2.45, 2.75) is 102 Å². The molecule has 0 N–H and O–H groups in total. The predicted octanol–water partition coefficient (Wildman–Crippen LogP) is 8.56. The monoisotopic (exact) mass is 848 g/mol. The highest BCUT2D eigenvalue weighted by Gasteiger charge is 2.46. The molecule has 0 saturated carbocycles. The summed E-state index contributed by atoms with van der Waals surface area (Å²) in [5, 5.41) is 0. The molecule has 0 aliphatic heterocycles. The lowest BCUT2D eigenvalue weighted by Crippen LogP contribution is -2.28. The van der Waals surface area contributed by atoms with Gasteiger partial charge in [-0.1, -0.05) is 27.0 Å². The van der Waals surface area contributed by atoms with Crippen LogP contribution in [0.2, 0.25) is 0 Å². The third-order valence-corrected chi connectivity index (χ3v) is 8.46. The topological polar surface area (TPSA) is 154 Å². The summed E-state index contributed by atoms with van der Waals surface area (Å²) < 4.78 is 80.1. The zero-order chi connectivity index (χ0) is 45.0. The van der Waals surface area contributed by atoms with Crippen molar-refractivity contribution in [3.8, 4) is 57.5 Å². The highest BCUT2D eigenvalue weighted by molar-refractivity contribution is 5.93. The summed E-state index contributed by atoms with van der Waals surface area (Å²) in [6, 6.07) is 0. The summed E-state index contributed by atoms with van der Waals surface area (Å²) in [7, 11) is 0. The summed E-state index contributed by atoms with van der Waals surface area (Å²) in [6.07, 6.45) is -1.06. The van der Waals surface area contributed by atoms with Crippen molar-refractivity contribution in [1.82, 2.24) is 0 Å². The van der Waals surface area contributed by atoms with Crippen LogP contribution in [0.1, 0.15) is 101 Å². The van der Waals surface area contributed by atoms with Crippen LogP contribution in [0.25, 0.3) is 0 Å². The Morgan fingerprint density at radius 3 is 1.02 bits per heavy atom. The number of carbonyl (C=O) groups is 2. The van der Waals surface area contributed by atoms with Gasteiger partial charge in [0, 0.05) is 25.2 Å². The van der Waals surface area contributed by atoms with Crippen LogP contribution in [0, 0.1) is 0 Å². The molecule has 0 fully saturated rings. The summed E-state index contributed by atoms with van der Waals surface area (Å²) in [6.45, 7) is 33.5. The maximum Gasteiger partial charge on any atom is 0.344 e. The quantitative estimate of drug-likeness (QED) is 0.0319. The Balaban J connectivity index is 3.36. The molecule has 15 nitrogen and oxygen atoms in total. The maximum absolute atomic E-state index is 13.9. The van der Waals surface area contributed by atoms with Crippen molar-refractivity contribution in [3.63, 3.8) is 0 Å². The molecular formula is C45H68O15. The molecule has 0 radical (unpaired) electrons. The van der Waals surface area contributed by atoms with Crippen molar-refractivity contribution < 1.29 is 71.2 Å². The Kier molecular flexibility index (Phi) is 22.0. The van der Waals surface area contributed by atoms with Crippen molar-refractivity contribution >= 4 is 11.9 Å². The fourth-order valence-corrected chi connectivity index (χ4v) is 6.21. The lowest BCUT2D eigenvalue weighted by atomic mass is 9.75. The van der Waals surface area contributed by atoms with Gasteiger partial charge in [-0.15, -0.1) is 0 Å². The molecule has 2 aromatic rings. The third kappa shape index (κ3) is 12.1. The molecule has 0 saturated heterocycles. The van der Waals surface area contributed by atoms with Gasteiger partial charge in [-0.05, 0) is 76.2 Å². The second-order valence-corrected chi connectivity index (χ2v) is 12.9. The SMILES string of the molecule is C=C(COCC)C(=O)Oc1c(OCC)c(OCC)c(C(C)(C)c2c(OCC)c(OCC)c(OC(=O)C(=C)C(OCC)OCC)c(OCC)c2OCC)c(OCC)c1OCC. The van der Waals surface area contributed by atoms with Gasteiger partial charge in [0.15, 0.2) is 29.3 Å². The van der Waals surface area contributed by atoms with Gasteiger partial charge >= 0.3 is 11.9 Å². The molecule has 0 aliphatic rings. The molecule has 0 spiro atoms. The fraction of sp³-hybridized carbons (Fsp3) is 0.600. The first-order valence-corrected chi connectivity index (χ1v) is 20.9. The van der Waals surface area contributed by atoms with Crippen LogP contribution in [0.3, 0.4) is 0 Å². The highest BCUT2D eigenvalue weighted by Crippen LogP contribution is 2.64. The van der Waals surface area contributed by atoms with Gasteiger partial charge < -0.3 is 61.6 Å². The molecule has 0 bridgehead atoms. The number of rotatable bonds is 30. The first-order valence-electron chi connectivity index (χ1n) is 20.9. The van der Waals surface area contributed by atoms with Crippen LogP contribution in [0.4, 0.5) is 0 Å². The number of hydrogen-bond donors (Lipinski definition) is 0. The molecule has 0 unspecified atom stereocenters. The molecule has 60 heavy (non-hydrogen) atoms. The van der Waals surface area contributed by atoms with Crippen molar-refractivity contribution in [1.29, 1.82) is 0 Å². The number of carbonyl (C=O) groups excluding carboxylic acids is 2. The Bertz CT molecular complexity index is 1650. The number of ether oxygens (including phenoxy) is 13. The Labute approximate surface area is 356 Å². The number of hydrogen-bond acceptors (Lipinski definition) is 15. The molecule has 0 aliphatic carbocycles. The Hall–Kier alpha value is -4.86. The summed E-state index contributed by atoms with van der Waals surface area (Å²) in [5.74, 6) is -0.739. The van der Waals surface area contributed by atoms with Crippen LogP contribution in [0.5, 0.6) is 57.5 Å². The average molecular weight is 849 g/mol. The number of benzene rings is 2. The average Bonchev–Trinajstić information content (AvgIpc) is 3.21. The highest BCUT2D eigenvalue weighted by atomic mass is 16.7. The summed E-state index contributed by atoms with van der Waals surface area (Å²) in [4.78, 5) is 27.5. The normalized spacial score (nSPS) is 11.2. The van der Waals surface area contributed by atoms with E-state index < -0.39 is 23.6 Å². The molecule has 338 valence electrons. The zero-order valence-electron chi connectivity index (χ0n) is 38.1. The first-order chi connectivity index (χ1) is 28.8. The van der Waals surface area contributed by atoms with Crippen LogP contribution in [-0.2, 0) is 29.2 Å². The lowest BCUT2D eigenvalue weighted by molar-refractivity contribution is -0.143. The van der Waals surface area contributed by atoms with Gasteiger partial charge in [0.25, 0.3) is 0 Å². The molecule has 0 amide bonds. The first kappa shape index (κ1) is 51.3. The minimum atomic E-state index is -1.26. The molecular weight excluding hydrogens is 780 g/mol. The maximum atomic E-state index is 13.9. The van der Waals surface area contributed by atoms with Crippen molar-refractivity contribution in [3.05, 3.63) is 35.4 Å². The smallest absolute Gasteiger partial charge is 0.344 e. The van der Waals surface area contributed by atoms with Gasteiger partial charge in [0.2, 0.25) is 34.5 Å². The lowest BCUT2D eigenvalue weighted by Gasteiger charge is -2.36. The number of esters is 2. The van der Waals surface area contributed by atoms with E-state index in [0.29, 0.717) is 17.7 Å². The van der Waals surface area contributed by atoms with Gasteiger partial charge in [0.05, 0.1) is 81.7 Å². The van der Waals surface area contributed by atoms with E-state index in [9.17, 15) is 9.59 Å². The van der Waals surface area contributed by atoms with Crippen molar-refractivity contribution in [2.24, 2.45) is 0 Å². The molecule has 0 aromatic heterocycles. The minimum Gasteiger partial charge on any atom is -0.489 e. The largest absolute Gasteiger partial charge is 0.489 e. The molecule has 0 heterocycles. The second-order valence-electron chi connectivity index (χ2n) is 12.9. The van der Waals surface area contributed by atoms with E-state index in [-0.39, 0.29) is 141 Å². The molecule has 2 rings (SSSR count). The summed E-state index contributed by atoms with van der Waals surface area (Å²) in [5.41, 5.74) is -0.429. The van der Waals surface area contributed by atoms with E-state index in [0.717, 1.165) is 0 Å². The second kappa shape index (κ2) is 25.7. The standard InChI is InChI=1S/C45H68O15/c1-16-48-27-28(12)42(46)59-40-36(53-21-6)32(49-17-2)30(33(50-18-3)37(40)54-22-7)45(14,15)31-34(51-19-4)38(55-23-8)41(39(56-24-9)35(31)52-20-5)60-43(47)29(13)44(57-25-10)58-26-11/h44H,12-13,16-27H2,1-11,14-15H3. The van der Waals surface area contributed by atoms with Gasteiger partial charge in [-0.25, -0.2) is 9.59 Å². The van der Waals surface area contributed by atoms with Gasteiger partial charge in [0.1, 0.15) is 0 Å². The third-order valence-electron chi connectivity index (χ3n) is 8.46. The molecule has 15 heteroatoms. The van der Waals surface area contributed by atoms with Gasteiger partial charge in [-0.3, -0.25) is 0 Å². The van der Waals surface area contributed by atoms with Crippen LogP contribution in [0.15, 0.2) is 24.3 Å². The van der Waals surface area contributed by atoms with Crippen LogP contribution >= 0.6 is 0 Å². The minimum absolute atomic E-state index is 0.0468. The van der Waals surface area contributed by atoms with Gasteiger partial charge in [-0.2, -0.15) is 0 Å². The zero-order valence-corrected chi connectivity index (χ0v) is 38.1. The Morgan fingerprint density at radius 2 is 0.733 bits per heavy atom. The van der Waals surface area contributed by atoms with Crippen molar-refractivity contribution in [2.75, 3.05) is 79.3 Å². The van der Waals surface area contributed by atoms with E-state index in [1.165, 1.54) is 0 Å². The van der Waals surface area contributed by atoms with E-state index in [2.05, 4.69) is 13.2 Å². The Morgan fingerprint density at radius 1 is 0.433 bits per heavy atom.